The zero-order chi connectivity index (χ0) is 11.8. The Hall–Kier alpha value is -2.00. The monoisotopic (exact) mass is 230 g/mol. The Balaban J connectivity index is 1.96. The summed E-state index contributed by atoms with van der Waals surface area (Å²) in [5.74, 6) is 0. The minimum Gasteiger partial charge on any atom is -0.303 e. The number of nitrogens with one attached hydrogen (secondary N) is 1. The first-order chi connectivity index (χ1) is 8.24. The molecule has 1 atom stereocenters. The molecule has 0 amide bonds. The van der Waals surface area contributed by atoms with E-state index in [1.165, 1.54) is 6.42 Å². The molecular weight excluding hydrogens is 218 g/mol. The summed E-state index contributed by atoms with van der Waals surface area (Å²) in [6, 6.07) is 0.518. The van der Waals surface area contributed by atoms with E-state index in [1.54, 1.807) is 6.20 Å². The molecule has 0 aliphatic carbocycles. The lowest BCUT2D eigenvalue weighted by molar-refractivity contribution is -0.265. The zero-order valence-electron chi connectivity index (χ0n) is 9.47. The number of hydrogen-bond donors (Lipinski definition) is 1. The molecule has 3 heterocycles. The predicted molar refractivity (Wildman–Crippen MR) is 59.3 cm³/mol. The summed E-state index contributed by atoms with van der Waals surface area (Å²) in [5.41, 5.74) is 1.20. The topological polar surface area (TPSA) is 76.0 Å². The molecule has 1 aliphatic rings. The molecule has 2 aromatic heterocycles. The summed E-state index contributed by atoms with van der Waals surface area (Å²) < 4.78 is 0. The highest BCUT2D eigenvalue weighted by Crippen LogP contribution is 2.18. The Morgan fingerprint density at radius 3 is 3.29 bits per heavy atom. The van der Waals surface area contributed by atoms with Crippen LogP contribution in [0.5, 0.6) is 0 Å². The minimum absolute atomic E-state index is 0.286. The lowest BCUT2D eigenvalue weighted by Gasteiger charge is -2.37. The molecule has 86 valence electrons. The number of rotatable bonds is 2. The fourth-order valence-electron chi connectivity index (χ4n) is 2.01. The largest absolute Gasteiger partial charge is 0.392 e. The van der Waals surface area contributed by atoms with Crippen LogP contribution in [0.25, 0.3) is 11.2 Å². The standard InChI is InChI=1S/C11H11N5O/c1-16-3-2-8(16)4-7-5-12-10-9(15-7)11(17)14-6-13-10/h5,8H,2-4H2,1H3/p+1. The van der Waals surface area contributed by atoms with Gasteiger partial charge in [-0.3, -0.25) is 0 Å². The van der Waals surface area contributed by atoms with E-state index in [0.717, 1.165) is 18.7 Å². The molecule has 1 unspecified atom stereocenters. The van der Waals surface area contributed by atoms with Crippen LogP contribution in [-0.4, -0.2) is 39.5 Å². The van der Waals surface area contributed by atoms with E-state index in [9.17, 15) is 4.79 Å². The van der Waals surface area contributed by atoms with Gasteiger partial charge in [0.1, 0.15) is 6.20 Å². The summed E-state index contributed by atoms with van der Waals surface area (Å²) in [5, 5.41) is 0. The van der Waals surface area contributed by atoms with Gasteiger partial charge in [0.15, 0.2) is 0 Å². The summed E-state index contributed by atoms with van der Waals surface area (Å²) in [7, 11) is 2.09. The Morgan fingerprint density at radius 1 is 1.71 bits per heavy atom. The summed E-state index contributed by atoms with van der Waals surface area (Å²) >= 11 is 0. The quantitative estimate of drug-likeness (QED) is 0.713. The molecule has 1 fully saturated rings. The van der Waals surface area contributed by atoms with Crippen LogP contribution in [0.1, 0.15) is 12.1 Å². The van der Waals surface area contributed by atoms with Crippen molar-refractivity contribution in [3.8, 4) is 0 Å². The van der Waals surface area contributed by atoms with Crippen LogP contribution in [0.3, 0.4) is 0 Å². The second-order valence-corrected chi connectivity index (χ2v) is 4.34. The number of aromatic amines is 1. The SMILES string of the molecule is CN1CCC1Cc1cnc2[n+]#c[nH]c(=O)c2n1. The molecule has 6 heteroatoms. The van der Waals surface area contributed by atoms with Crippen molar-refractivity contribution in [1.29, 1.82) is 0 Å². The molecule has 3 rings (SSSR count). The zero-order valence-corrected chi connectivity index (χ0v) is 9.47. The van der Waals surface area contributed by atoms with E-state index in [1.807, 2.05) is 0 Å². The molecule has 1 N–H and O–H groups in total. The maximum absolute atomic E-state index is 11.5. The van der Waals surface area contributed by atoms with E-state index in [4.69, 9.17) is 0 Å². The van der Waals surface area contributed by atoms with Crippen molar-refractivity contribution in [1.82, 2.24) is 19.9 Å². The van der Waals surface area contributed by atoms with E-state index in [-0.39, 0.29) is 5.56 Å². The van der Waals surface area contributed by atoms with E-state index < -0.39 is 0 Å². The molecule has 2 aromatic rings. The maximum atomic E-state index is 11.5. The van der Waals surface area contributed by atoms with Gasteiger partial charge in [0.2, 0.25) is 5.52 Å². The maximum Gasteiger partial charge on any atom is 0.392 e. The van der Waals surface area contributed by atoms with Crippen molar-refractivity contribution in [3.63, 3.8) is 0 Å². The van der Waals surface area contributed by atoms with E-state index in [0.29, 0.717) is 17.2 Å². The fraction of sp³-hybridized carbons (Fsp3) is 0.455. The van der Waals surface area contributed by atoms with Crippen LogP contribution in [0, 0.1) is 6.33 Å². The first-order valence-corrected chi connectivity index (χ1v) is 5.56. The van der Waals surface area contributed by atoms with Gasteiger partial charge in [0, 0.05) is 12.5 Å². The van der Waals surface area contributed by atoms with Crippen molar-refractivity contribution in [2.75, 3.05) is 13.6 Å². The smallest absolute Gasteiger partial charge is 0.303 e. The van der Waals surface area contributed by atoms with Crippen LogP contribution in [0.15, 0.2) is 11.0 Å². The van der Waals surface area contributed by atoms with Crippen molar-refractivity contribution in [2.45, 2.75) is 18.9 Å². The average Bonchev–Trinajstić information content (AvgIpc) is 2.35. The van der Waals surface area contributed by atoms with Crippen LogP contribution < -0.4 is 10.5 Å². The number of likely N-dealkylation sites (tertiary alicyclic amines) is 1. The molecule has 0 saturated carbocycles. The van der Waals surface area contributed by atoms with Crippen molar-refractivity contribution in [3.05, 3.63) is 28.6 Å². The van der Waals surface area contributed by atoms with E-state index >= 15 is 0 Å². The molecule has 1 saturated heterocycles. The Kier molecular flexibility index (Phi) is 2.27. The van der Waals surface area contributed by atoms with Crippen molar-refractivity contribution >= 4 is 11.2 Å². The predicted octanol–water partition coefficient (Wildman–Crippen LogP) is -1.04. The fourth-order valence-corrected chi connectivity index (χ4v) is 2.01. The highest BCUT2D eigenvalue weighted by molar-refractivity contribution is 5.63. The number of aromatic nitrogens is 4. The van der Waals surface area contributed by atoms with Gasteiger partial charge in [-0.2, -0.15) is 9.97 Å². The van der Waals surface area contributed by atoms with Gasteiger partial charge in [-0.05, 0) is 20.0 Å². The van der Waals surface area contributed by atoms with Gasteiger partial charge >= 0.3 is 17.5 Å². The first-order valence-electron chi connectivity index (χ1n) is 5.56. The number of likely N-dealkylation sites (N-methyl/N-ethyl adjacent to an activating group) is 1. The molecule has 1 aliphatic heterocycles. The van der Waals surface area contributed by atoms with Gasteiger partial charge in [0.05, 0.1) is 5.69 Å². The molecule has 17 heavy (non-hydrogen) atoms. The molecule has 0 radical (unpaired) electrons. The third kappa shape index (κ3) is 1.74. The lowest BCUT2D eigenvalue weighted by Crippen LogP contribution is -2.46. The highest BCUT2D eigenvalue weighted by atomic mass is 16.1. The Morgan fingerprint density at radius 2 is 2.59 bits per heavy atom. The summed E-state index contributed by atoms with van der Waals surface area (Å²) in [6.45, 7) is 1.13. The summed E-state index contributed by atoms with van der Waals surface area (Å²) in [4.78, 5) is 28.5. The van der Waals surface area contributed by atoms with Gasteiger partial charge in [0.25, 0.3) is 0 Å². The Labute approximate surface area is 97.7 Å². The molecule has 6 nitrogen and oxygen atoms in total. The second-order valence-electron chi connectivity index (χ2n) is 4.34. The van der Waals surface area contributed by atoms with Crippen molar-refractivity contribution < 1.29 is 4.98 Å². The van der Waals surface area contributed by atoms with Crippen molar-refractivity contribution in [2.24, 2.45) is 0 Å². The van der Waals surface area contributed by atoms with Gasteiger partial charge < -0.3 is 4.90 Å². The third-order valence-corrected chi connectivity index (χ3v) is 3.23. The molecule has 0 aromatic carbocycles. The van der Waals surface area contributed by atoms with Crippen LogP contribution >= 0.6 is 0 Å². The van der Waals surface area contributed by atoms with Crippen LogP contribution in [0.4, 0.5) is 0 Å². The average molecular weight is 230 g/mol. The van der Waals surface area contributed by atoms with Gasteiger partial charge in [-0.15, -0.1) is 0 Å². The number of fused-ring (bicyclic) bond motifs is 1. The molecular formula is C11H12N5O+. The minimum atomic E-state index is -0.286. The van der Waals surface area contributed by atoms with Gasteiger partial charge in [-0.25, -0.2) is 9.78 Å². The third-order valence-electron chi connectivity index (χ3n) is 3.23. The van der Waals surface area contributed by atoms with E-state index in [2.05, 4.69) is 38.2 Å². The highest BCUT2D eigenvalue weighted by Gasteiger charge is 2.25. The van der Waals surface area contributed by atoms with Crippen LogP contribution in [0.2, 0.25) is 0 Å². The number of H-pyrrole nitrogens is 1. The number of nitrogens with zero attached hydrogens (tertiary/aromatic N) is 4. The normalized spacial score (nSPS) is 19.9. The number of hydrogen-bond acceptors (Lipinski definition) is 4. The Bertz CT molecular complexity index is 608. The second kappa shape index (κ2) is 3.79. The summed E-state index contributed by atoms with van der Waals surface area (Å²) in [6.07, 6.45) is 6.09. The molecule has 0 bridgehead atoms. The lowest BCUT2D eigenvalue weighted by atomic mass is 9.99. The van der Waals surface area contributed by atoms with Gasteiger partial charge in [-0.1, -0.05) is 4.98 Å². The molecule has 0 spiro atoms. The van der Waals surface area contributed by atoms with Crippen LogP contribution in [-0.2, 0) is 6.42 Å². The first kappa shape index (κ1) is 10.2.